The van der Waals surface area contributed by atoms with Crippen molar-refractivity contribution >= 4 is 23.1 Å². The van der Waals surface area contributed by atoms with Crippen LogP contribution in [0.25, 0.3) is 11.3 Å². The number of aliphatic hydroxyl groups excluding tert-OH is 1. The number of halogens is 2. The Labute approximate surface area is 197 Å². The maximum absolute atomic E-state index is 13.7. The average Bonchev–Trinajstić information content (AvgIpc) is 3.66. The number of alkyl halides is 2. The molecule has 2 aliphatic rings. The molecule has 1 aromatic carbocycles. The van der Waals surface area contributed by atoms with Crippen LogP contribution >= 0.6 is 0 Å². The number of amides is 1. The maximum Gasteiger partial charge on any atom is 0.284 e. The molecule has 2 atom stereocenters. The van der Waals surface area contributed by atoms with Gasteiger partial charge in [-0.3, -0.25) is 4.79 Å². The molecule has 1 amide bonds. The molecule has 0 spiro atoms. The lowest BCUT2D eigenvalue weighted by atomic mass is 10.2. The van der Waals surface area contributed by atoms with Gasteiger partial charge in [0, 0.05) is 12.7 Å². The number of rotatable bonds is 6. The standard InChI is InChI=1S/C23H21F2N7O3/c24-21(25)20-18(10-32(29-20)14-3-1-13(11-33)2-4-14)27-23(34)17-8-26-31-6-5-19(28-22(17)31)30-9-16-7-15(30)12-35-16/h1-6,8,10,15-16,21,33H,7,9,11-12H2,(H,27,34)/t15-,16-/m1/s1. The van der Waals surface area contributed by atoms with Gasteiger partial charge in [0.15, 0.2) is 11.3 Å². The number of morpholine rings is 1. The number of carbonyl (C=O) groups is 1. The van der Waals surface area contributed by atoms with Gasteiger partial charge in [-0.15, -0.1) is 0 Å². The van der Waals surface area contributed by atoms with Crippen LogP contribution in [-0.4, -0.2) is 60.7 Å². The molecule has 2 fully saturated rings. The number of hydrogen-bond donors (Lipinski definition) is 2. The Morgan fingerprint density at radius 2 is 2.09 bits per heavy atom. The van der Waals surface area contributed by atoms with Crippen molar-refractivity contribution in [2.24, 2.45) is 0 Å². The van der Waals surface area contributed by atoms with Crippen molar-refractivity contribution in [1.82, 2.24) is 24.4 Å². The Hall–Kier alpha value is -3.90. The van der Waals surface area contributed by atoms with Gasteiger partial charge >= 0.3 is 0 Å². The van der Waals surface area contributed by atoms with E-state index in [9.17, 15) is 18.7 Å². The molecule has 180 valence electrons. The second-order valence-electron chi connectivity index (χ2n) is 8.56. The molecule has 0 radical (unpaired) electrons. The lowest BCUT2D eigenvalue weighted by Gasteiger charge is -2.27. The fourth-order valence-electron chi connectivity index (χ4n) is 4.58. The third-order valence-electron chi connectivity index (χ3n) is 6.37. The maximum atomic E-state index is 13.7. The first-order valence-corrected chi connectivity index (χ1v) is 11.1. The van der Waals surface area contributed by atoms with Gasteiger partial charge < -0.3 is 20.1 Å². The summed E-state index contributed by atoms with van der Waals surface area (Å²) in [6, 6.07) is 8.71. The Morgan fingerprint density at radius 3 is 2.77 bits per heavy atom. The third kappa shape index (κ3) is 3.80. The van der Waals surface area contributed by atoms with E-state index in [-0.39, 0.29) is 30.0 Å². The summed E-state index contributed by atoms with van der Waals surface area (Å²) in [5.41, 5.74) is 1.01. The normalized spacial score (nSPS) is 19.3. The molecule has 4 aromatic rings. The van der Waals surface area contributed by atoms with Gasteiger partial charge in [-0.05, 0) is 30.2 Å². The molecule has 2 N–H and O–H groups in total. The summed E-state index contributed by atoms with van der Waals surface area (Å²) in [4.78, 5) is 19.9. The summed E-state index contributed by atoms with van der Waals surface area (Å²) in [6.45, 7) is 1.25. The molecule has 2 saturated heterocycles. The number of nitrogens with one attached hydrogen (secondary N) is 1. The van der Waals surface area contributed by atoms with E-state index in [0.717, 1.165) is 18.8 Å². The molecule has 35 heavy (non-hydrogen) atoms. The minimum atomic E-state index is -2.90. The van der Waals surface area contributed by atoms with Crippen molar-refractivity contribution in [3.05, 3.63) is 65.7 Å². The average molecular weight is 481 g/mol. The predicted molar refractivity (Wildman–Crippen MR) is 121 cm³/mol. The van der Waals surface area contributed by atoms with E-state index in [1.54, 1.807) is 30.5 Å². The monoisotopic (exact) mass is 481 g/mol. The summed E-state index contributed by atoms with van der Waals surface area (Å²) >= 11 is 0. The number of hydrogen-bond acceptors (Lipinski definition) is 7. The number of fused-ring (bicyclic) bond motifs is 3. The molecule has 0 aliphatic carbocycles. The van der Waals surface area contributed by atoms with E-state index in [1.165, 1.54) is 21.6 Å². The Kier molecular flexibility index (Phi) is 5.19. The summed E-state index contributed by atoms with van der Waals surface area (Å²) in [7, 11) is 0. The smallest absolute Gasteiger partial charge is 0.284 e. The molecule has 3 aromatic heterocycles. The van der Waals surface area contributed by atoms with Gasteiger partial charge in [0.1, 0.15) is 11.4 Å². The molecule has 0 unspecified atom stereocenters. The molecule has 2 aliphatic heterocycles. The number of carbonyl (C=O) groups excluding carboxylic acids is 1. The summed E-state index contributed by atoms with van der Waals surface area (Å²) < 4.78 is 35.8. The molecule has 10 nitrogen and oxygen atoms in total. The summed E-state index contributed by atoms with van der Waals surface area (Å²) in [5.74, 6) is 0.100. The lowest BCUT2D eigenvalue weighted by molar-refractivity contribution is 0.0988. The number of anilines is 2. The van der Waals surface area contributed by atoms with Gasteiger partial charge in [-0.25, -0.2) is 23.0 Å². The van der Waals surface area contributed by atoms with Crippen LogP contribution in [0.3, 0.4) is 0 Å². The zero-order chi connectivity index (χ0) is 24.1. The van der Waals surface area contributed by atoms with Crippen molar-refractivity contribution in [2.75, 3.05) is 23.4 Å². The molecule has 5 heterocycles. The fraction of sp³-hybridized carbons (Fsp3) is 0.304. The first kappa shape index (κ1) is 21.6. The van der Waals surface area contributed by atoms with Crippen LogP contribution < -0.4 is 10.2 Å². The van der Waals surface area contributed by atoms with Gasteiger partial charge in [0.2, 0.25) is 0 Å². The first-order valence-electron chi connectivity index (χ1n) is 11.1. The van der Waals surface area contributed by atoms with E-state index in [0.29, 0.717) is 23.5 Å². The number of aromatic nitrogens is 5. The van der Waals surface area contributed by atoms with Gasteiger partial charge in [0.25, 0.3) is 12.3 Å². The van der Waals surface area contributed by atoms with Crippen LogP contribution in [0.5, 0.6) is 0 Å². The van der Waals surface area contributed by atoms with E-state index in [4.69, 9.17) is 4.74 Å². The van der Waals surface area contributed by atoms with E-state index >= 15 is 0 Å². The van der Waals surface area contributed by atoms with Crippen molar-refractivity contribution in [1.29, 1.82) is 0 Å². The molecule has 0 saturated carbocycles. The number of aliphatic hydroxyl groups is 1. The van der Waals surface area contributed by atoms with Gasteiger partial charge in [-0.2, -0.15) is 10.2 Å². The topological polar surface area (TPSA) is 110 Å². The second kappa shape index (κ2) is 8.40. The van der Waals surface area contributed by atoms with Gasteiger partial charge in [-0.1, -0.05) is 12.1 Å². The van der Waals surface area contributed by atoms with Crippen molar-refractivity contribution < 1.29 is 23.4 Å². The Bertz CT molecular complexity index is 1400. The third-order valence-corrected chi connectivity index (χ3v) is 6.37. The van der Waals surface area contributed by atoms with Crippen LogP contribution in [0.15, 0.2) is 48.9 Å². The summed E-state index contributed by atoms with van der Waals surface area (Å²) in [6.07, 6.45) is 2.65. The van der Waals surface area contributed by atoms with Gasteiger partial charge in [0.05, 0.1) is 49.1 Å². The van der Waals surface area contributed by atoms with Crippen molar-refractivity contribution in [3.63, 3.8) is 0 Å². The van der Waals surface area contributed by atoms with E-state index in [1.807, 2.05) is 6.07 Å². The second-order valence-corrected chi connectivity index (χ2v) is 8.56. The molecular formula is C23H21F2N7O3. The molecule has 12 heteroatoms. The molecule has 2 bridgehead atoms. The molecular weight excluding hydrogens is 460 g/mol. The predicted octanol–water partition coefficient (Wildman–Crippen LogP) is 2.57. The highest BCUT2D eigenvalue weighted by atomic mass is 19.3. The lowest BCUT2D eigenvalue weighted by Crippen LogP contribution is -2.37. The quantitative estimate of drug-likeness (QED) is 0.436. The van der Waals surface area contributed by atoms with Crippen LogP contribution in [0.4, 0.5) is 20.3 Å². The first-order chi connectivity index (χ1) is 17.0. The highest BCUT2D eigenvalue weighted by molar-refractivity contribution is 6.08. The zero-order valence-corrected chi connectivity index (χ0v) is 18.4. The Morgan fingerprint density at radius 1 is 1.26 bits per heavy atom. The minimum Gasteiger partial charge on any atom is -0.392 e. The minimum absolute atomic E-state index is 0.110. The Balaban J connectivity index is 1.29. The number of ether oxygens (including phenoxy) is 1. The van der Waals surface area contributed by atoms with Crippen molar-refractivity contribution in [3.8, 4) is 5.69 Å². The van der Waals surface area contributed by atoms with E-state index in [2.05, 4.69) is 25.4 Å². The van der Waals surface area contributed by atoms with E-state index < -0.39 is 18.0 Å². The van der Waals surface area contributed by atoms with Crippen LogP contribution in [0.1, 0.15) is 34.5 Å². The number of nitrogens with zero attached hydrogens (tertiary/aromatic N) is 6. The molecule has 6 rings (SSSR count). The van der Waals surface area contributed by atoms with Crippen LogP contribution in [0, 0.1) is 0 Å². The largest absolute Gasteiger partial charge is 0.392 e. The summed E-state index contributed by atoms with van der Waals surface area (Å²) in [5, 5.41) is 19.9. The number of benzene rings is 1. The van der Waals surface area contributed by atoms with Crippen molar-refractivity contribution in [2.45, 2.75) is 31.6 Å². The fourth-order valence-corrected chi connectivity index (χ4v) is 4.58. The highest BCUT2D eigenvalue weighted by Crippen LogP contribution is 2.32. The highest BCUT2D eigenvalue weighted by Gasteiger charge is 2.39. The van der Waals surface area contributed by atoms with Crippen LogP contribution in [-0.2, 0) is 11.3 Å². The SMILES string of the molecule is O=C(Nc1cn(-c2ccc(CO)cc2)nc1C(F)F)c1cnn2ccc(N3C[C@H]4C[C@@H]3CO4)nc12. The van der Waals surface area contributed by atoms with Crippen LogP contribution in [0.2, 0.25) is 0 Å². The zero-order valence-electron chi connectivity index (χ0n) is 18.4.